The van der Waals surface area contributed by atoms with E-state index in [1.807, 2.05) is 18.2 Å². The van der Waals surface area contributed by atoms with Crippen LogP contribution in [0.3, 0.4) is 0 Å². The van der Waals surface area contributed by atoms with Gasteiger partial charge in [-0.15, -0.1) is 0 Å². The maximum atomic E-state index is 13.8. The molecular formula is C31H45N5O7S. The predicted octanol–water partition coefficient (Wildman–Crippen LogP) is 2.94. The van der Waals surface area contributed by atoms with Gasteiger partial charge in [-0.25, -0.2) is 9.52 Å². The van der Waals surface area contributed by atoms with Gasteiger partial charge in [0.25, 0.3) is 0 Å². The van der Waals surface area contributed by atoms with Crippen LogP contribution < -0.4 is 14.8 Å². The molecule has 3 N–H and O–H groups in total. The average Bonchev–Trinajstić information content (AvgIpc) is 3.40. The monoisotopic (exact) mass is 631 g/mol. The van der Waals surface area contributed by atoms with Crippen molar-refractivity contribution in [2.24, 2.45) is 11.3 Å². The molecular weight excluding hydrogens is 586 g/mol. The van der Waals surface area contributed by atoms with E-state index in [4.69, 9.17) is 4.74 Å². The van der Waals surface area contributed by atoms with Crippen LogP contribution in [0.15, 0.2) is 36.7 Å². The summed E-state index contributed by atoms with van der Waals surface area (Å²) >= 11 is 0. The molecule has 4 rings (SSSR count). The molecule has 2 fully saturated rings. The lowest BCUT2D eigenvalue weighted by Crippen LogP contribution is -2.53. The fraction of sp³-hybridized carbons (Fsp3) is 0.645. The van der Waals surface area contributed by atoms with Crippen LogP contribution in [0.4, 0.5) is 4.79 Å². The minimum atomic E-state index is -4.18. The van der Waals surface area contributed by atoms with Gasteiger partial charge in [0.1, 0.15) is 11.6 Å². The van der Waals surface area contributed by atoms with Crippen molar-refractivity contribution in [3.8, 4) is 0 Å². The standard InChI is InChI=1S/C31H45N5O7S/c1-30(2,3)43-29(40)34-24-13-8-6-4-5-7-12-23-19-31(23,20-26(37)25-14-10-18-36(25)27(24)38)28(39)35-44(41,42)33-17-15-22-11-9-16-32-21-22/h7,9,11-12,16,21,23-25,33H,4-6,8,10,13-15,17-20H2,1-3H3,(H,34,40)(H,35,39)/b12-7-/t23-,24+,25+,31-/m1/s1. The molecule has 3 aliphatic rings. The molecule has 0 spiro atoms. The van der Waals surface area contributed by atoms with E-state index >= 15 is 0 Å². The first-order valence-corrected chi connectivity index (χ1v) is 17.0. The van der Waals surface area contributed by atoms with Crippen LogP contribution in [0.25, 0.3) is 0 Å². The predicted molar refractivity (Wildman–Crippen MR) is 163 cm³/mol. The van der Waals surface area contributed by atoms with Crippen molar-refractivity contribution in [2.75, 3.05) is 13.1 Å². The second kappa shape index (κ2) is 14.2. The summed E-state index contributed by atoms with van der Waals surface area (Å²) < 4.78 is 35.5. The molecule has 0 aromatic carbocycles. The number of carbonyl (C=O) groups is 4. The Labute approximate surface area is 259 Å². The Balaban J connectivity index is 1.47. The normalized spacial score (nSPS) is 27.2. The summed E-state index contributed by atoms with van der Waals surface area (Å²) in [7, 11) is -4.18. The molecule has 1 aromatic rings. The van der Waals surface area contributed by atoms with E-state index < -0.39 is 45.3 Å². The maximum absolute atomic E-state index is 13.8. The topological polar surface area (TPSA) is 164 Å². The van der Waals surface area contributed by atoms with Crippen LogP contribution in [0.2, 0.25) is 0 Å². The number of Topliss-reactive ketones (excluding diaryl/α,β-unsaturated/α-hetero) is 1. The van der Waals surface area contributed by atoms with Gasteiger partial charge < -0.3 is 15.0 Å². The zero-order valence-electron chi connectivity index (χ0n) is 25.8. The van der Waals surface area contributed by atoms with Crippen LogP contribution in [-0.2, 0) is 35.8 Å². The third kappa shape index (κ3) is 9.10. The first kappa shape index (κ1) is 33.6. The molecule has 0 unspecified atom stereocenters. The number of nitrogens with zero attached hydrogens (tertiary/aromatic N) is 2. The molecule has 3 heterocycles. The van der Waals surface area contributed by atoms with E-state index in [9.17, 15) is 27.6 Å². The van der Waals surface area contributed by atoms with E-state index in [0.717, 1.165) is 24.8 Å². The van der Waals surface area contributed by atoms with Gasteiger partial charge in [0.05, 0.1) is 11.5 Å². The van der Waals surface area contributed by atoms with E-state index in [0.29, 0.717) is 45.1 Å². The highest BCUT2D eigenvalue weighted by Gasteiger charge is 2.61. The van der Waals surface area contributed by atoms with Crippen molar-refractivity contribution in [1.82, 2.24) is 24.6 Å². The highest BCUT2D eigenvalue weighted by molar-refractivity contribution is 7.88. The van der Waals surface area contributed by atoms with Crippen molar-refractivity contribution in [3.05, 3.63) is 42.2 Å². The van der Waals surface area contributed by atoms with Gasteiger partial charge in [0, 0.05) is 31.9 Å². The molecule has 12 nitrogen and oxygen atoms in total. The maximum Gasteiger partial charge on any atom is 0.408 e. The zero-order chi connectivity index (χ0) is 32.0. The number of amides is 3. The molecule has 3 amide bonds. The van der Waals surface area contributed by atoms with Gasteiger partial charge in [-0.2, -0.15) is 13.1 Å². The van der Waals surface area contributed by atoms with Crippen LogP contribution in [-0.4, -0.2) is 72.8 Å². The highest BCUT2D eigenvalue weighted by atomic mass is 32.2. The number of nitrogens with one attached hydrogen (secondary N) is 3. The number of allylic oxidation sites excluding steroid dienone is 2. The summed E-state index contributed by atoms with van der Waals surface area (Å²) in [6, 6.07) is 2.00. The van der Waals surface area contributed by atoms with Crippen LogP contribution in [0.1, 0.15) is 84.1 Å². The number of ether oxygens (including phenoxy) is 1. The number of hydrogen-bond acceptors (Lipinski definition) is 8. The second-order valence-corrected chi connectivity index (χ2v) is 14.5. The summed E-state index contributed by atoms with van der Waals surface area (Å²) in [5, 5.41) is 2.72. The number of alkyl carbamates (subject to hydrolysis) is 1. The number of pyridine rings is 1. The summed E-state index contributed by atoms with van der Waals surface area (Å²) in [6.45, 7) is 5.66. The third-order valence-electron chi connectivity index (χ3n) is 8.36. The quantitative estimate of drug-likeness (QED) is 0.387. The summed E-state index contributed by atoms with van der Waals surface area (Å²) in [4.78, 5) is 59.1. The molecule has 0 radical (unpaired) electrons. The fourth-order valence-electron chi connectivity index (χ4n) is 6.02. The third-order valence-corrected chi connectivity index (χ3v) is 9.40. The SMILES string of the molecule is CC(C)(C)OC(=O)N[C@H]1CCCCC/C=C\[C@@H]2C[C@@]2(C(=O)NS(=O)(=O)NCCc2cccnc2)CC(=O)[C@@H]2CCCN2C1=O. The number of carbonyl (C=O) groups excluding carboxylic acids is 4. The van der Waals surface area contributed by atoms with Crippen molar-refractivity contribution in [3.63, 3.8) is 0 Å². The van der Waals surface area contributed by atoms with E-state index in [1.165, 1.54) is 4.90 Å². The van der Waals surface area contributed by atoms with Crippen molar-refractivity contribution in [2.45, 2.75) is 103 Å². The molecule has 1 aliphatic carbocycles. The van der Waals surface area contributed by atoms with Crippen molar-refractivity contribution >= 4 is 33.9 Å². The Morgan fingerprint density at radius 1 is 1.14 bits per heavy atom. The minimum absolute atomic E-state index is 0.0706. The molecule has 13 heteroatoms. The Morgan fingerprint density at radius 2 is 1.93 bits per heavy atom. The molecule has 2 aliphatic heterocycles. The van der Waals surface area contributed by atoms with Crippen LogP contribution in [0.5, 0.6) is 0 Å². The minimum Gasteiger partial charge on any atom is -0.444 e. The van der Waals surface area contributed by atoms with Crippen molar-refractivity contribution in [1.29, 1.82) is 0 Å². The molecule has 0 bridgehead atoms. The fourth-order valence-corrected chi connectivity index (χ4v) is 6.91. The molecule has 44 heavy (non-hydrogen) atoms. The van der Waals surface area contributed by atoms with Gasteiger partial charge >= 0.3 is 16.3 Å². The molecule has 1 saturated carbocycles. The van der Waals surface area contributed by atoms with Crippen molar-refractivity contribution < 1.29 is 32.3 Å². The average molecular weight is 632 g/mol. The summed E-state index contributed by atoms with van der Waals surface area (Å²) in [5.74, 6) is -1.63. The first-order valence-electron chi connectivity index (χ1n) is 15.5. The van der Waals surface area contributed by atoms with E-state index in [1.54, 1.807) is 39.2 Å². The lowest BCUT2D eigenvalue weighted by atomic mass is 9.91. The van der Waals surface area contributed by atoms with Crippen LogP contribution >= 0.6 is 0 Å². The number of ketones is 1. The molecule has 1 aromatic heterocycles. The molecule has 242 valence electrons. The zero-order valence-corrected chi connectivity index (χ0v) is 26.7. The number of rotatable bonds is 7. The number of aromatic nitrogens is 1. The summed E-state index contributed by atoms with van der Waals surface area (Å²) in [5.41, 5.74) is -1.10. The van der Waals surface area contributed by atoms with Gasteiger partial charge in [-0.05, 0) is 83.3 Å². The summed E-state index contributed by atoms with van der Waals surface area (Å²) in [6.07, 6.45) is 11.6. The highest BCUT2D eigenvalue weighted by Crippen LogP contribution is 2.57. The Kier molecular flexibility index (Phi) is 10.8. The lowest BCUT2D eigenvalue weighted by Gasteiger charge is -2.30. The first-order chi connectivity index (χ1) is 20.8. The number of hydrogen-bond donors (Lipinski definition) is 3. The van der Waals surface area contributed by atoms with E-state index in [-0.39, 0.29) is 30.6 Å². The Bertz CT molecular complexity index is 1340. The van der Waals surface area contributed by atoms with Gasteiger partial charge in [0.15, 0.2) is 5.78 Å². The largest absolute Gasteiger partial charge is 0.444 e. The molecule has 4 atom stereocenters. The Hall–Kier alpha value is -3.32. The smallest absolute Gasteiger partial charge is 0.408 e. The van der Waals surface area contributed by atoms with Gasteiger partial charge in [-0.3, -0.25) is 19.4 Å². The number of fused-ring (bicyclic) bond motifs is 2. The Morgan fingerprint density at radius 3 is 2.66 bits per heavy atom. The lowest BCUT2D eigenvalue weighted by molar-refractivity contribution is -0.140. The van der Waals surface area contributed by atoms with Gasteiger partial charge in [-0.1, -0.05) is 31.1 Å². The van der Waals surface area contributed by atoms with Gasteiger partial charge in [0.2, 0.25) is 11.8 Å². The second-order valence-electron chi connectivity index (χ2n) is 13.0. The molecule has 1 saturated heterocycles. The van der Waals surface area contributed by atoms with Crippen LogP contribution in [0, 0.1) is 11.3 Å². The van der Waals surface area contributed by atoms with E-state index in [2.05, 4.69) is 19.7 Å².